The van der Waals surface area contributed by atoms with Crippen molar-refractivity contribution in [1.82, 2.24) is 14.5 Å². The van der Waals surface area contributed by atoms with Crippen LogP contribution < -0.4 is 0 Å². The molecular formula is C25H25N3O2S. The van der Waals surface area contributed by atoms with E-state index in [9.17, 15) is 4.79 Å². The number of benzene rings is 2. The molecule has 4 rings (SSSR count). The van der Waals surface area contributed by atoms with Gasteiger partial charge in [-0.2, -0.15) is 0 Å². The van der Waals surface area contributed by atoms with E-state index in [1.165, 1.54) is 16.7 Å². The predicted molar refractivity (Wildman–Crippen MR) is 125 cm³/mol. The molecule has 2 aromatic carbocycles. The number of aromatic nitrogens is 3. The average molecular weight is 432 g/mol. The van der Waals surface area contributed by atoms with Crippen LogP contribution in [0.1, 0.15) is 39.7 Å². The molecule has 0 radical (unpaired) electrons. The van der Waals surface area contributed by atoms with Crippen molar-refractivity contribution in [1.29, 1.82) is 0 Å². The number of hydrogen-bond acceptors (Lipinski definition) is 5. The maximum absolute atomic E-state index is 12.2. The molecule has 0 aliphatic carbocycles. The van der Waals surface area contributed by atoms with Crippen LogP contribution in [0, 0.1) is 13.8 Å². The molecule has 0 unspecified atom stereocenters. The van der Waals surface area contributed by atoms with E-state index in [2.05, 4.69) is 41.6 Å². The molecule has 0 aliphatic rings. The first-order valence-corrected chi connectivity index (χ1v) is 11.3. The zero-order valence-corrected chi connectivity index (χ0v) is 18.8. The Morgan fingerprint density at radius 3 is 2.74 bits per heavy atom. The van der Waals surface area contributed by atoms with Gasteiger partial charge in [-0.05, 0) is 62.2 Å². The van der Waals surface area contributed by atoms with E-state index in [0.29, 0.717) is 18.7 Å². The maximum atomic E-state index is 12.2. The third-order valence-corrected chi connectivity index (χ3v) is 6.16. The fraction of sp³-hybridized carbons (Fsp3) is 0.240. The number of carbonyl (C=O) groups excluding carboxylic acids is 1. The van der Waals surface area contributed by atoms with Crippen molar-refractivity contribution in [3.8, 4) is 0 Å². The number of rotatable bonds is 7. The summed E-state index contributed by atoms with van der Waals surface area (Å²) in [6.07, 6.45) is 1.80. The first-order valence-electron chi connectivity index (χ1n) is 10.3. The van der Waals surface area contributed by atoms with Gasteiger partial charge in [-0.1, -0.05) is 41.6 Å². The summed E-state index contributed by atoms with van der Waals surface area (Å²) < 4.78 is 7.32. The van der Waals surface area contributed by atoms with E-state index >= 15 is 0 Å². The second-order valence-corrected chi connectivity index (χ2v) is 8.39. The highest BCUT2D eigenvalue weighted by atomic mass is 32.2. The second kappa shape index (κ2) is 9.35. The molecule has 0 N–H and O–H groups in total. The molecule has 0 aliphatic heterocycles. The van der Waals surface area contributed by atoms with Crippen LogP contribution >= 0.6 is 11.8 Å². The standard InChI is InChI=1S/C25H25N3O2S/c1-4-30-24(29)19-10-11-23-22(14-19)27-25(28(23)15-21-7-5-6-12-26-21)31-16-20-13-17(2)8-9-18(20)3/h5-14H,4,15-16H2,1-3H3. The van der Waals surface area contributed by atoms with Crippen LogP contribution in [-0.4, -0.2) is 27.1 Å². The summed E-state index contributed by atoms with van der Waals surface area (Å²) in [6, 6.07) is 18.0. The molecule has 2 aromatic heterocycles. The number of aryl methyl sites for hydroxylation is 2. The topological polar surface area (TPSA) is 57.0 Å². The summed E-state index contributed by atoms with van der Waals surface area (Å²) in [5.41, 5.74) is 7.06. The molecule has 31 heavy (non-hydrogen) atoms. The van der Waals surface area contributed by atoms with Crippen molar-refractivity contribution in [2.45, 2.75) is 38.2 Å². The minimum absolute atomic E-state index is 0.326. The monoisotopic (exact) mass is 431 g/mol. The van der Waals surface area contributed by atoms with Crippen LogP contribution in [0.2, 0.25) is 0 Å². The number of pyridine rings is 1. The number of imidazole rings is 1. The molecule has 158 valence electrons. The van der Waals surface area contributed by atoms with Crippen LogP contribution in [0.15, 0.2) is 66.0 Å². The van der Waals surface area contributed by atoms with Gasteiger partial charge in [0.05, 0.1) is 35.4 Å². The summed E-state index contributed by atoms with van der Waals surface area (Å²) in [7, 11) is 0. The first-order chi connectivity index (χ1) is 15.0. The van der Waals surface area contributed by atoms with Crippen molar-refractivity contribution >= 4 is 28.8 Å². The molecule has 5 nitrogen and oxygen atoms in total. The fourth-order valence-electron chi connectivity index (χ4n) is 3.46. The lowest BCUT2D eigenvalue weighted by Crippen LogP contribution is -2.05. The molecule has 6 heteroatoms. The molecule has 0 saturated heterocycles. The van der Waals surface area contributed by atoms with Crippen molar-refractivity contribution < 1.29 is 9.53 Å². The number of nitrogens with zero attached hydrogens (tertiary/aromatic N) is 3. The highest BCUT2D eigenvalue weighted by molar-refractivity contribution is 7.98. The van der Waals surface area contributed by atoms with Crippen LogP contribution in [0.3, 0.4) is 0 Å². The number of carbonyl (C=O) groups is 1. The van der Waals surface area contributed by atoms with E-state index in [4.69, 9.17) is 9.72 Å². The fourth-order valence-corrected chi connectivity index (χ4v) is 4.54. The Morgan fingerprint density at radius 1 is 1.10 bits per heavy atom. The van der Waals surface area contributed by atoms with Gasteiger partial charge in [-0.25, -0.2) is 9.78 Å². The van der Waals surface area contributed by atoms with Gasteiger partial charge in [0.15, 0.2) is 5.16 Å². The van der Waals surface area contributed by atoms with E-state index < -0.39 is 0 Å². The normalized spacial score (nSPS) is 11.1. The van der Waals surface area contributed by atoms with E-state index in [1.807, 2.05) is 30.3 Å². The van der Waals surface area contributed by atoms with Crippen molar-refractivity contribution in [2.24, 2.45) is 0 Å². The van der Waals surface area contributed by atoms with Crippen LogP contribution in [0.4, 0.5) is 0 Å². The Morgan fingerprint density at radius 2 is 1.97 bits per heavy atom. The average Bonchev–Trinajstić information content (AvgIpc) is 3.11. The molecule has 0 bridgehead atoms. The highest BCUT2D eigenvalue weighted by Gasteiger charge is 2.16. The van der Waals surface area contributed by atoms with Crippen LogP contribution in [-0.2, 0) is 17.0 Å². The zero-order chi connectivity index (χ0) is 21.8. The van der Waals surface area contributed by atoms with Crippen molar-refractivity contribution in [3.05, 3.63) is 88.7 Å². The largest absolute Gasteiger partial charge is 0.462 e. The van der Waals surface area contributed by atoms with Crippen LogP contribution in [0.25, 0.3) is 11.0 Å². The van der Waals surface area contributed by atoms with Gasteiger partial charge in [-0.3, -0.25) is 4.98 Å². The Kier molecular flexibility index (Phi) is 6.37. The lowest BCUT2D eigenvalue weighted by atomic mass is 10.1. The smallest absolute Gasteiger partial charge is 0.338 e. The summed E-state index contributed by atoms with van der Waals surface area (Å²) in [4.78, 5) is 21.5. The third-order valence-electron chi connectivity index (χ3n) is 5.13. The Bertz CT molecular complexity index is 1220. The zero-order valence-electron chi connectivity index (χ0n) is 18.0. The van der Waals surface area contributed by atoms with Gasteiger partial charge in [0.1, 0.15) is 0 Å². The van der Waals surface area contributed by atoms with Gasteiger partial charge in [0.25, 0.3) is 0 Å². The van der Waals surface area contributed by atoms with Crippen LogP contribution in [0.5, 0.6) is 0 Å². The first kappa shape index (κ1) is 21.1. The van der Waals surface area contributed by atoms with Gasteiger partial charge >= 0.3 is 5.97 Å². The number of ether oxygens (including phenoxy) is 1. The lowest BCUT2D eigenvalue weighted by Gasteiger charge is -2.10. The number of thioether (sulfide) groups is 1. The number of hydrogen-bond donors (Lipinski definition) is 0. The quantitative estimate of drug-likeness (QED) is 0.283. The number of esters is 1. The minimum atomic E-state index is -0.326. The maximum Gasteiger partial charge on any atom is 0.338 e. The highest BCUT2D eigenvalue weighted by Crippen LogP contribution is 2.29. The number of fused-ring (bicyclic) bond motifs is 1. The van der Waals surface area contributed by atoms with E-state index in [1.54, 1.807) is 30.9 Å². The molecule has 0 fully saturated rings. The van der Waals surface area contributed by atoms with Gasteiger partial charge in [0.2, 0.25) is 0 Å². The van der Waals surface area contributed by atoms with Gasteiger partial charge in [0, 0.05) is 11.9 Å². The predicted octanol–water partition coefficient (Wildman–Crippen LogP) is 5.57. The van der Waals surface area contributed by atoms with E-state index in [-0.39, 0.29) is 5.97 Å². The molecule has 0 atom stereocenters. The summed E-state index contributed by atoms with van der Waals surface area (Å²) in [5, 5.41) is 0.905. The van der Waals surface area contributed by atoms with Gasteiger partial charge < -0.3 is 9.30 Å². The Hall–Kier alpha value is -3.12. The SMILES string of the molecule is CCOC(=O)c1ccc2c(c1)nc(SCc1cc(C)ccc1C)n2Cc1ccccn1. The summed E-state index contributed by atoms with van der Waals surface area (Å²) in [5.74, 6) is 0.498. The molecule has 0 spiro atoms. The molecule has 0 saturated carbocycles. The third kappa shape index (κ3) is 4.80. The second-order valence-electron chi connectivity index (χ2n) is 7.44. The minimum Gasteiger partial charge on any atom is -0.462 e. The molecule has 2 heterocycles. The Balaban J connectivity index is 1.71. The molecule has 0 amide bonds. The molecule has 4 aromatic rings. The Labute approximate surface area is 186 Å². The van der Waals surface area contributed by atoms with Crippen molar-refractivity contribution in [3.63, 3.8) is 0 Å². The summed E-state index contributed by atoms with van der Waals surface area (Å²) >= 11 is 1.70. The van der Waals surface area contributed by atoms with E-state index in [0.717, 1.165) is 27.6 Å². The van der Waals surface area contributed by atoms with Crippen molar-refractivity contribution in [2.75, 3.05) is 6.61 Å². The molecular weight excluding hydrogens is 406 g/mol. The summed E-state index contributed by atoms with van der Waals surface area (Å²) in [6.45, 7) is 7.02. The lowest BCUT2D eigenvalue weighted by molar-refractivity contribution is 0.0526. The van der Waals surface area contributed by atoms with Gasteiger partial charge in [-0.15, -0.1) is 0 Å².